The van der Waals surface area contributed by atoms with E-state index in [-0.39, 0.29) is 35.0 Å². The second-order valence-corrected chi connectivity index (χ2v) is 9.82. The molecule has 3 heterocycles. The molecule has 8 nitrogen and oxygen atoms in total. The Morgan fingerprint density at radius 2 is 1.88 bits per heavy atom. The fourth-order valence-electron chi connectivity index (χ4n) is 4.66. The van der Waals surface area contributed by atoms with Gasteiger partial charge in [0.05, 0.1) is 11.5 Å². The van der Waals surface area contributed by atoms with E-state index in [0.717, 1.165) is 0 Å². The average molecular weight is 454 g/mol. The number of fused-ring (bicyclic) bond motifs is 6. The van der Waals surface area contributed by atoms with Gasteiger partial charge < -0.3 is 24.4 Å². The zero-order chi connectivity index (χ0) is 23.7. The van der Waals surface area contributed by atoms with Gasteiger partial charge in [0.15, 0.2) is 5.78 Å². The zero-order valence-electron chi connectivity index (χ0n) is 18.8. The number of aromatic hydroxyl groups is 2. The Labute approximate surface area is 190 Å². The predicted octanol–water partition coefficient (Wildman–Crippen LogP) is 4.63. The molecule has 0 aromatic heterocycles. The standard InChI is InChI=1S/C25H26O8/c1-24(2)8-7-14-18(32-24)11-16(27)20-21(28)15-10-19(25(3,4)33-29)30-17-9-12(26)5-6-13(17)22(15)31-23(14)20/h5-9,11,15,19,22,26-27,29H,10H2,1-4H3. The Kier molecular flexibility index (Phi) is 4.67. The highest BCUT2D eigenvalue weighted by atomic mass is 17.1. The molecule has 0 spiro atoms. The van der Waals surface area contributed by atoms with Crippen LogP contribution in [0.4, 0.5) is 0 Å². The van der Waals surface area contributed by atoms with E-state index >= 15 is 0 Å². The summed E-state index contributed by atoms with van der Waals surface area (Å²) in [4.78, 5) is 18.4. The van der Waals surface area contributed by atoms with Crippen molar-refractivity contribution in [2.24, 2.45) is 5.92 Å². The van der Waals surface area contributed by atoms with E-state index in [1.807, 2.05) is 26.0 Å². The molecule has 8 heteroatoms. The maximum absolute atomic E-state index is 13.8. The highest BCUT2D eigenvalue weighted by Gasteiger charge is 2.49. The molecule has 3 aliphatic rings. The Morgan fingerprint density at radius 1 is 1.12 bits per heavy atom. The topological polar surface area (TPSA) is 115 Å². The number of Topliss-reactive ketones (excluding diaryl/α,β-unsaturated/α-hetero) is 1. The van der Waals surface area contributed by atoms with Crippen LogP contribution in [0.2, 0.25) is 0 Å². The summed E-state index contributed by atoms with van der Waals surface area (Å²) < 4.78 is 18.5. The largest absolute Gasteiger partial charge is 0.508 e. The molecule has 3 aliphatic heterocycles. The molecule has 0 amide bonds. The van der Waals surface area contributed by atoms with Crippen LogP contribution in [-0.4, -0.2) is 38.6 Å². The first-order valence-electron chi connectivity index (χ1n) is 10.8. The van der Waals surface area contributed by atoms with Crippen LogP contribution in [0.3, 0.4) is 0 Å². The monoisotopic (exact) mass is 454 g/mol. The van der Waals surface area contributed by atoms with E-state index in [0.29, 0.717) is 22.6 Å². The zero-order valence-corrected chi connectivity index (χ0v) is 18.8. The van der Waals surface area contributed by atoms with Gasteiger partial charge in [-0.25, -0.2) is 4.89 Å². The molecule has 0 fully saturated rings. The van der Waals surface area contributed by atoms with Gasteiger partial charge in [0.2, 0.25) is 0 Å². The number of ketones is 1. The summed E-state index contributed by atoms with van der Waals surface area (Å²) in [5.74, 6) is -0.254. The minimum absolute atomic E-state index is 0.00945. The minimum atomic E-state index is -1.15. The summed E-state index contributed by atoms with van der Waals surface area (Å²) in [6.07, 6.45) is 2.37. The van der Waals surface area contributed by atoms with Gasteiger partial charge in [0.1, 0.15) is 57.7 Å². The summed E-state index contributed by atoms with van der Waals surface area (Å²) in [6, 6.07) is 6.05. The summed E-state index contributed by atoms with van der Waals surface area (Å²) in [6.45, 7) is 7.06. The Morgan fingerprint density at radius 3 is 2.61 bits per heavy atom. The summed E-state index contributed by atoms with van der Waals surface area (Å²) >= 11 is 0. The summed E-state index contributed by atoms with van der Waals surface area (Å²) in [7, 11) is 0. The first-order chi connectivity index (χ1) is 15.5. The van der Waals surface area contributed by atoms with Gasteiger partial charge in [-0.2, -0.15) is 0 Å². The van der Waals surface area contributed by atoms with Gasteiger partial charge in [0, 0.05) is 24.1 Å². The lowest BCUT2D eigenvalue weighted by molar-refractivity contribution is -0.331. The van der Waals surface area contributed by atoms with Crippen molar-refractivity contribution in [2.45, 2.75) is 57.5 Å². The van der Waals surface area contributed by atoms with Crippen LogP contribution in [0.25, 0.3) is 6.08 Å². The average Bonchev–Trinajstić information content (AvgIpc) is 2.90. The number of phenolic OH excluding ortho intramolecular Hbond substituents is 2. The number of rotatable bonds is 2. The number of carbonyl (C=O) groups excluding carboxylic acids is 1. The van der Waals surface area contributed by atoms with Crippen LogP contribution < -0.4 is 14.2 Å². The molecule has 3 unspecified atom stereocenters. The molecule has 3 N–H and O–H groups in total. The van der Waals surface area contributed by atoms with E-state index in [1.54, 1.807) is 19.9 Å². The maximum Gasteiger partial charge on any atom is 0.177 e. The van der Waals surface area contributed by atoms with Crippen LogP contribution in [0.15, 0.2) is 30.3 Å². The van der Waals surface area contributed by atoms with E-state index in [1.165, 1.54) is 18.2 Å². The second kappa shape index (κ2) is 7.13. The van der Waals surface area contributed by atoms with E-state index in [4.69, 9.17) is 14.2 Å². The van der Waals surface area contributed by atoms with Gasteiger partial charge in [0.25, 0.3) is 0 Å². The number of hydrogen-bond acceptors (Lipinski definition) is 8. The summed E-state index contributed by atoms with van der Waals surface area (Å²) in [5.41, 5.74) is -0.482. The van der Waals surface area contributed by atoms with Crippen LogP contribution in [0.1, 0.15) is 61.7 Å². The summed E-state index contributed by atoms with van der Waals surface area (Å²) in [5, 5.41) is 30.3. The molecule has 0 aliphatic carbocycles. The molecule has 2 aromatic carbocycles. The van der Waals surface area contributed by atoms with E-state index in [9.17, 15) is 20.3 Å². The van der Waals surface area contributed by atoms with E-state index < -0.39 is 29.3 Å². The third-order valence-corrected chi connectivity index (χ3v) is 6.53. The van der Waals surface area contributed by atoms with Gasteiger partial charge in [-0.1, -0.05) is 0 Å². The van der Waals surface area contributed by atoms with Crippen molar-refractivity contribution in [2.75, 3.05) is 0 Å². The van der Waals surface area contributed by atoms with Gasteiger partial charge in [-0.15, -0.1) is 0 Å². The van der Waals surface area contributed by atoms with Gasteiger partial charge in [-0.3, -0.25) is 10.1 Å². The van der Waals surface area contributed by atoms with Gasteiger partial charge in [-0.05, 0) is 52.0 Å². The predicted molar refractivity (Wildman–Crippen MR) is 118 cm³/mol. The molecule has 0 saturated heterocycles. The fraction of sp³-hybridized carbons (Fsp3) is 0.400. The molecule has 3 atom stereocenters. The Hall–Kier alpha value is -3.23. The molecular weight excluding hydrogens is 428 g/mol. The first kappa shape index (κ1) is 21.6. The smallest absolute Gasteiger partial charge is 0.177 e. The lowest BCUT2D eigenvalue weighted by atomic mass is 9.79. The van der Waals surface area contributed by atoms with Crippen molar-refractivity contribution in [1.29, 1.82) is 0 Å². The van der Waals surface area contributed by atoms with Crippen molar-refractivity contribution in [3.05, 3.63) is 47.0 Å². The Balaban J connectivity index is 1.69. The van der Waals surface area contributed by atoms with Crippen molar-refractivity contribution >= 4 is 11.9 Å². The molecule has 174 valence electrons. The highest BCUT2D eigenvalue weighted by Crippen LogP contribution is 2.53. The molecular formula is C25H26O8. The number of phenols is 2. The molecule has 0 bridgehead atoms. The van der Waals surface area contributed by atoms with Crippen molar-refractivity contribution < 1.29 is 39.4 Å². The van der Waals surface area contributed by atoms with E-state index in [2.05, 4.69) is 4.89 Å². The normalized spacial score (nSPS) is 24.8. The second-order valence-electron chi connectivity index (χ2n) is 9.82. The maximum atomic E-state index is 13.8. The SMILES string of the molecule is CC1(C)C=Cc2c(cc(O)c3c2OC2c4ccc(O)cc4OC(C(C)(C)OO)CC2C3=O)O1. The molecule has 5 rings (SSSR count). The van der Waals surface area contributed by atoms with Crippen molar-refractivity contribution in [1.82, 2.24) is 0 Å². The first-order valence-corrected chi connectivity index (χ1v) is 10.8. The van der Waals surface area contributed by atoms with Crippen molar-refractivity contribution in [3.63, 3.8) is 0 Å². The third-order valence-electron chi connectivity index (χ3n) is 6.53. The van der Waals surface area contributed by atoms with Gasteiger partial charge >= 0.3 is 0 Å². The van der Waals surface area contributed by atoms with Crippen LogP contribution in [0.5, 0.6) is 28.7 Å². The number of carbonyl (C=O) groups is 1. The lowest BCUT2D eigenvalue weighted by Gasteiger charge is -2.36. The minimum Gasteiger partial charge on any atom is -0.508 e. The third kappa shape index (κ3) is 3.41. The quantitative estimate of drug-likeness (QED) is 0.444. The number of ether oxygens (including phenoxy) is 3. The number of hydrogen-bond donors (Lipinski definition) is 3. The molecule has 33 heavy (non-hydrogen) atoms. The molecule has 0 radical (unpaired) electrons. The molecule has 0 saturated carbocycles. The van der Waals surface area contributed by atoms with Crippen LogP contribution >= 0.6 is 0 Å². The van der Waals surface area contributed by atoms with Crippen LogP contribution in [-0.2, 0) is 4.89 Å². The van der Waals surface area contributed by atoms with Crippen LogP contribution in [0, 0.1) is 5.92 Å². The fourth-order valence-corrected chi connectivity index (χ4v) is 4.66. The van der Waals surface area contributed by atoms with Crippen molar-refractivity contribution in [3.8, 4) is 28.7 Å². The highest BCUT2D eigenvalue weighted by molar-refractivity contribution is 6.06. The molecule has 2 aromatic rings. The number of benzene rings is 2. The Bertz CT molecular complexity index is 1180. The lowest BCUT2D eigenvalue weighted by Crippen LogP contribution is -2.45.